The van der Waals surface area contributed by atoms with Crippen LogP contribution in [0, 0.1) is 6.92 Å². The van der Waals surface area contributed by atoms with E-state index in [-0.39, 0.29) is 11.9 Å². The number of nitrogens with zero attached hydrogens (tertiary/aromatic N) is 1. The van der Waals surface area contributed by atoms with Gasteiger partial charge in [-0.15, -0.1) is 0 Å². The Bertz CT molecular complexity index is 575. The van der Waals surface area contributed by atoms with Crippen molar-refractivity contribution in [3.63, 3.8) is 0 Å². The van der Waals surface area contributed by atoms with Crippen molar-refractivity contribution in [3.8, 4) is 0 Å². The molecule has 0 bridgehead atoms. The number of rotatable bonds is 5. The average Bonchev–Trinajstić information content (AvgIpc) is 2.73. The van der Waals surface area contributed by atoms with Gasteiger partial charge < -0.3 is 15.5 Å². The summed E-state index contributed by atoms with van der Waals surface area (Å²) in [4.78, 5) is 15.8. The zero-order chi connectivity index (χ0) is 13.8. The summed E-state index contributed by atoms with van der Waals surface area (Å²) in [6, 6.07) is 5.80. The topological polar surface area (TPSA) is 81.2 Å². The standard InChI is InChI=1S/C14H19N3O2/c1-9(15)3-6-14(18)16-8-11-4-5-12-13(7-11)19-10(2)17-12/h4-5,7,9H,3,6,8,15H2,1-2H3,(H,16,18). The SMILES string of the molecule is Cc1nc2ccc(CNC(=O)CCC(C)N)cc2o1. The maximum absolute atomic E-state index is 11.6. The lowest BCUT2D eigenvalue weighted by atomic mass is 10.1. The molecular formula is C14H19N3O2. The van der Waals surface area contributed by atoms with Crippen LogP contribution in [0.3, 0.4) is 0 Å². The number of hydrogen-bond acceptors (Lipinski definition) is 4. The van der Waals surface area contributed by atoms with Gasteiger partial charge in [-0.2, -0.15) is 0 Å². The van der Waals surface area contributed by atoms with E-state index in [9.17, 15) is 4.79 Å². The number of amides is 1. The Morgan fingerprint density at radius 1 is 1.53 bits per heavy atom. The fraction of sp³-hybridized carbons (Fsp3) is 0.429. The predicted molar refractivity (Wildman–Crippen MR) is 73.5 cm³/mol. The Labute approximate surface area is 112 Å². The van der Waals surface area contributed by atoms with Crippen LogP contribution >= 0.6 is 0 Å². The second-order valence-electron chi connectivity index (χ2n) is 4.83. The summed E-state index contributed by atoms with van der Waals surface area (Å²) in [6.07, 6.45) is 1.16. The maximum Gasteiger partial charge on any atom is 0.220 e. The molecule has 19 heavy (non-hydrogen) atoms. The molecule has 1 atom stereocenters. The van der Waals surface area contributed by atoms with Gasteiger partial charge in [0.1, 0.15) is 5.52 Å². The highest BCUT2D eigenvalue weighted by molar-refractivity contribution is 5.76. The predicted octanol–water partition coefficient (Wildman–Crippen LogP) is 1.88. The minimum absolute atomic E-state index is 0.0196. The van der Waals surface area contributed by atoms with Gasteiger partial charge in [-0.1, -0.05) is 6.07 Å². The van der Waals surface area contributed by atoms with E-state index in [2.05, 4.69) is 10.3 Å². The zero-order valence-electron chi connectivity index (χ0n) is 11.3. The van der Waals surface area contributed by atoms with Crippen molar-refractivity contribution in [2.24, 2.45) is 5.73 Å². The van der Waals surface area contributed by atoms with Gasteiger partial charge >= 0.3 is 0 Å². The molecule has 2 aromatic rings. The van der Waals surface area contributed by atoms with Crippen LogP contribution in [0.15, 0.2) is 22.6 Å². The summed E-state index contributed by atoms with van der Waals surface area (Å²) in [7, 11) is 0. The number of nitrogens with one attached hydrogen (secondary N) is 1. The lowest BCUT2D eigenvalue weighted by molar-refractivity contribution is -0.121. The first-order chi connectivity index (χ1) is 9.04. The molecule has 1 amide bonds. The Morgan fingerprint density at radius 2 is 2.32 bits per heavy atom. The van der Waals surface area contributed by atoms with E-state index in [0.717, 1.165) is 16.7 Å². The van der Waals surface area contributed by atoms with Gasteiger partial charge in [-0.05, 0) is 31.0 Å². The Kier molecular flexibility index (Phi) is 4.16. The van der Waals surface area contributed by atoms with Gasteiger partial charge in [0.05, 0.1) is 0 Å². The molecule has 5 nitrogen and oxygen atoms in total. The molecule has 5 heteroatoms. The molecule has 3 N–H and O–H groups in total. The van der Waals surface area contributed by atoms with E-state index in [1.807, 2.05) is 32.0 Å². The highest BCUT2D eigenvalue weighted by Gasteiger charge is 2.06. The van der Waals surface area contributed by atoms with Crippen molar-refractivity contribution < 1.29 is 9.21 Å². The first-order valence-electron chi connectivity index (χ1n) is 6.43. The molecule has 0 aliphatic carbocycles. The fourth-order valence-corrected chi connectivity index (χ4v) is 1.84. The first kappa shape index (κ1) is 13.5. The quantitative estimate of drug-likeness (QED) is 0.861. The minimum atomic E-state index is 0.0196. The van der Waals surface area contributed by atoms with Crippen LogP contribution in [-0.4, -0.2) is 16.9 Å². The second-order valence-corrected chi connectivity index (χ2v) is 4.83. The van der Waals surface area contributed by atoms with Crippen LogP contribution in [-0.2, 0) is 11.3 Å². The first-order valence-corrected chi connectivity index (χ1v) is 6.43. The van der Waals surface area contributed by atoms with Crippen LogP contribution < -0.4 is 11.1 Å². The third kappa shape index (κ3) is 3.79. The number of hydrogen-bond donors (Lipinski definition) is 2. The van der Waals surface area contributed by atoms with Crippen molar-refractivity contribution in [2.75, 3.05) is 0 Å². The Balaban J connectivity index is 1.92. The molecule has 102 valence electrons. The number of aromatic nitrogens is 1. The van der Waals surface area contributed by atoms with Gasteiger partial charge in [0.2, 0.25) is 5.91 Å². The fourth-order valence-electron chi connectivity index (χ4n) is 1.84. The highest BCUT2D eigenvalue weighted by atomic mass is 16.3. The Morgan fingerprint density at radius 3 is 3.05 bits per heavy atom. The van der Waals surface area contributed by atoms with Gasteiger partial charge in [0.15, 0.2) is 11.5 Å². The summed E-state index contributed by atoms with van der Waals surface area (Å²) < 4.78 is 5.45. The van der Waals surface area contributed by atoms with Crippen LogP contribution in [0.5, 0.6) is 0 Å². The molecule has 0 radical (unpaired) electrons. The maximum atomic E-state index is 11.6. The molecular weight excluding hydrogens is 242 g/mol. The zero-order valence-corrected chi connectivity index (χ0v) is 11.3. The average molecular weight is 261 g/mol. The van der Waals surface area contributed by atoms with Crippen molar-refractivity contribution in [1.29, 1.82) is 0 Å². The Hall–Kier alpha value is -1.88. The van der Waals surface area contributed by atoms with Crippen molar-refractivity contribution >= 4 is 17.0 Å². The van der Waals surface area contributed by atoms with Crippen LogP contribution in [0.1, 0.15) is 31.2 Å². The van der Waals surface area contributed by atoms with Crippen LogP contribution in [0.2, 0.25) is 0 Å². The highest BCUT2D eigenvalue weighted by Crippen LogP contribution is 2.16. The third-order valence-electron chi connectivity index (χ3n) is 2.88. The monoisotopic (exact) mass is 261 g/mol. The summed E-state index contributed by atoms with van der Waals surface area (Å²) in [5.41, 5.74) is 8.20. The van der Waals surface area contributed by atoms with E-state index in [0.29, 0.717) is 25.3 Å². The molecule has 0 fully saturated rings. The van der Waals surface area contributed by atoms with Gasteiger partial charge in [-0.3, -0.25) is 4.79 Å². The summed E-state index contributed by atoms with van der Waals surface area (Å²) in [5.74, 6) is 0.666. The van der Waals surface area contributed by atoms with Crippen LogP contribution in [0.25, 0.3) is 11.1 Å². The van der Waals surface area contributed by atoms with Crippen molar-refractivity contribution in [3.05, 3.63) is 29.7 Å². The van der Waals surface area contributed by atoms with E-state index >= 15 is 0 Å². The van der Waals surface area contributed by atoms with Gasteiger partial charge in [0, 0.05) is 25.9 Å². The smallest absolute Gasteiger partial charge is 0.220 e. The largest absolute Gasteiger partial charge is 0.441 e. The summed E-state index contributed by atoms with van der Waals surface area (Å²) in [5, 5.41) is 2.87. The number of fused-ring (bicyclic) bond motifs is 1. The van der Waals surface area contributed by atoms with Gasteiger partial charge in [-0.25, -0.2) is 4.98 Å². The number of carbonyl (C=O) groups is 1. The number of aryl methyl sites for hydroxylation is 1. The molecule has 0 spiro atoms. The number of nitrogens with two attached hydrogens (primary N) is 1. The third-order valence-corrected chi connectivity index (χ3v) is 2.88. The number of carbonyl (C=O) groups excluding carboxylic acids is 1. The molecule has 1 heterocycles. The van der Waals surface area contributed by atoms with Crippen molar-refractivity contribution in [1.82, 2.24) is 10.3 Å². The van der Waals surface area contributed by atoms with Crippen LogP contribution in [0.4, 0.5) is 0 Å². The van der Waals surface area contributed by atoms with E-state index < -0.39 is 0 Å². The van der Waals surface area contributed by atoms with Crippen molar-refractivity contribution in [2.45, 2.75) is 39.3 Å². The minimum Gasteiger partial charge on any atom is -0.441 e. The lowest BCUT2D eigenvalue weighted by Crippen LogP contribution is -2.25. The van der Waals surface area contributed by atoms with Gasteiger partial charge in [0.25, 0.3) is 0 Å². The number of benzene rings is 1. The molecule has 2 rings (SSSR count). The normalized spacial score (nSPS) is 12.6. The van der Waals surface area contributed by atoms with E-state index in [4.69, 9.17) is 10.2 Å². The number of oxazole rings is 1. The molecule has 1 aromatic heterocycles. The van der Waals surface area contributed by atoms with E-state index in [1.165, 1.54) is 0 Å². The summed E-state index contributed by atoms with van der Waals surface area (Å²) in [6.45, 7) is 4.20. The molecule has 0 saturated carbocycles. The molecule has 1 aromatic carbocycles. The molecule has 0 aliphatic heterocycles. The van der Waals surface area contributed by atoms with E-state index in [1.54, 1.807) is 0 Å². The lowest BCUT2D eigenvalue weighted by Gasteiger charge is -2.06. The summed E-state index contributed by atoms with van der Waals surface area (Å²) >= 11 is 0. The molecule has 1 unspecified atom stereocenters. The second kappa shape index (κ2) is 5.84. The molecule has 0 aliphatic rings. The molecule has 0 saturated heterocycles.